The summed E-state index contributed by atoms with van der Waals surface area (Å²) >= 11 is 0. The minimum atomic E-state index is -0.989. The van der Waals surface area contributed by atoms with E-state index in [-0.39, 0.29) is 23.9 Å². The number of carbonyl (C=O) groups excluding carboxylic acids is 4. The maximum absolute atomic E-state index is 13.2. The molecule has 2 N–H and O–H groups in total. The van der Waals surface area contributed by atoms with Gasteiger partial charge in [-0.15, -0.1) is 0 Å². The lowest BCUT2D eigenvalue weighted by molar-refractivity contribution is -0.131. The third-order valence-corrected chi connectivity index (χ3v) is 6.05. The van der Waals surface area contributed by atoms with Gasteiger partial charge in [0.2, 0.25) is 0 Å². The second-order valence-electron chi connectivity index (χ2n) is 7.95. The number of urea groups is 1. The summed E-state index contributed by atoms with van der Waals surface area (Å²) in [7, 11) is 0. The van der Waals surface area contributed by atoms with Crippen molar-refractivity contribution in [1.82, 2.24) is 15.2 Å². The molecule has 1 aromatic heterocycles. The van der Waals surface area contributed by atoms with Crippen molar-refractivity contribution in [3.63, 3.8) is 0 Å². The molecule has 1 aliphatic heterocycles. The first-order chi connectivity index (χ1) is 13.7. The lowest BCUT2D eigenvalue weighted by Gasteiger charge is -2.32. The van der Waals surface area contributed by atoms with Crippen LogP contribution in [0.25, 0.3) is 0 Å². The van der Waals surface area contributed by atoms with Crippen LogP contribution < -0.4 is 5.32 Å². The summed E-state index contributed by atoms with van der Waals surface area (Å²) in [5, 5.41) is 2.84. The highest BCUT2D eigenvalue weighted by Gasteiger charge is 2.52. The monoisotopic (exact) mass is 393 g/mol. The Hall–Kier alpha value is -3.22. The molecule has 2 aliphatic rings. The summed E-state index contributed by atoms with van der Waals surface area (Å²) in [5.74, 6) is -0.891. The zero-order valence-electron chi connectivity index (χ0n) is 16.7. The molecule has 1 saturated heterocycles. The number of ketones is 2. The number of carbonyl (C=O) groups is 4. The lowest BCUT2D eigenvalue weighted by Crippen LogP contribution is -2.51. The molecular weight excluding hydrogens is 370 g/mol. The second kappa shape index (κ2) is 6.69. The molecule has 0 saturated carbocycles. The average Bonchev–Trinajstić information content (AvgIpc) is 3.09. The predicted molar refractivity (Wildman–Crippen MR) is 106 cm³/mol. The summed E-state index contributed by atoms with van der Waals surface area (Å²) in [4.78, 5) is 54.3. The quantitative estimate of drug-likeness (QED) is 0.616. The Bertz CT molecular complexity index is 1070. The van der Waals surface area contributed by atoms with E-state index in [1.807, 2.05) is 24.3 Å². The fraction of sp³-hybridized carbons (Fsp3) is 0.364. The van der Waals surface area contributed by atoms with Gasteiger partial charge in [-0.3, -0.25) is 19.3 Å². The van der Waals surface area contributed by atoms with Crippen LogP contribution in [-0.2, 0) is 17.6 Å². The molecular formula is C22H23N3O4. The van der Waals surface area contributed by atoms with E-state index in [0.717, 1.165) is 10.5 Å². The zero-order valence-corrected chi connectivity index (χ0v) is 16.7. The molecule has 2 aromatic rings. The number of nitrogens with zero attached hydrogens (tertiary/aromatic N) is 1. The van der Waals surface area contributed by atoms with Crippen molar-refractivity contribution in [2.45, 2.75) is 45.6 Å². The fourth-order valence-electron chi connectivity index (χ4n) is 4.62. The van der Waals surface area contributed by atoms with Crippen molar-refractivity contribution >= 4 is 23.5 Å². The molecule has 29 heavy (non-hydrogen) atoms. The van der Waals surface area contributed by atoms with Gasteiger partial charge >= 0.3 is 6.03 Å². The highest BCUT2D eigenvalue weighted by molar-refractivity contribution is 6.12. The zero-order chi connectivity index (χ0) is 20.9. The molecule has 0 bridgehead atoms. The molecule has 7 heteroatoms. The first-order valence-corrected chi connectivity index (χ1v) is 9.68. The van der Waals surface area contributed by atoms with Gasteiger partial charge in [0.25, 0.3) is 5.91 Å². The maximum Gasteiger partial charge on any atom is 0.325 e. The number of hydrogen-bond donors (Lipinski definition) is 2. The van der Waals surface area contributed by atoms with Gasteiger partial charge in [-0.25, -0.2) is 4.79 Å². The average molecular weight is 393 g/mol. The SMILES string of the molecule is CC(=O)c1c(C)[nH]c(C(=O)CN2C(=O)N[C@@]3(CCc4ccccc4C3)C2=O)c1C. The normalized spacial score (nSPS) is 20.7. The predicted octanol–water partition coefficient (Wildman–Crippen LogP) is 2.50. The molecule has 7 nitrogen and oxygen atoms in total. The van der Waals surface area contributed by atoms with Crippen molar-refractivity contribution < 1.29 is 19.2 Å². The van der Waals surface area contributed by atoms with Crippen molar-refractivity contribution in [3.05, 3.63) is 57.9 Å². The number of hydrogen-bond acceptors (Lipinski definition) is 4. The van der Waals surface area contributed by atoms with Crippen LogP contribution in [0.4, 0.5) is 4.79 Å². The van der Waals surface area contributed by atoms with Crippen LogP contribution in [0.1, 0.15) is 56.6 Å². The van der Waals surface area contributed by atoms with Crippen LogP contribution in [-0.4, -0.2) is 45.5 Å². The number of rotatable bonds is 4. The first kappa shape index (κ1) is 19.1. The molecule has 4 rings (SSSR count). The standard InChI is InChI=1S/C22H23N3O4/c1-12-18(14(3)26)13(2)23-19(12)17(27)11-25-20(28)22(24-21(25)29)9-8-15-6-4-5-7-16(15)10-22/h4-7,23H,8-11H2,1-3H3,(H,24,29)/t22-/m1/s1. The van der Waals surface area contributed by atoms with Crippen LogP contribution in [0.3, 0.4) is 0 Å². The Morgan fingerprint density at radius 3 is 2.48 bits per heavy atom. The summed E-state index contributed by atoms with van der Waals surface area (Å²) in [6.07, 6.45) is 1.63. The van der Waals surface area contributed by atoms with Crippen LogP contribution in [0.15, 0.2) is 24.3 Å². The summed E-state index contributed by atoms with van der Waals surface area (Å²) in [6, 6.07) is 7.34. The third kappa shape index (κ3) is 2.97. The van der Waals surface area contributed by atoms with E-state index in [0.29, 0.717) is 36.1 Å². The summed E-state index contributed by atoms with van der Waals surface area (Å²) in [5.41, 5.74) is 3.14. The number of amides is 3. The van der Waals surface area contributed by atoms with Gasteiger partial charge in [-0.1, -0.05) is 24.3 Å². The van der Waals surface area contributed by atoms with Crippen molar-refractivity contribution in [2.75, 3.05) is 6.54 Å². The van der Waals surface area contributed by atoms with Gasteiger partial charge in [-0.05, 0) is 50.3 Å². The van der Waals surface area contributed by atoms with Crippen LogP contribution in [0.5, 0.6) is 0 Å². The number of aryl methyl sites for hydroxylation is 2. The number of imide groups is 1. The molecule has 0 radical (unpaired) electrons. The third-order valence-electron chi connectivity index (χ3n) is 6.05. The fourth-order valence-corrected chi connectivity index (χ4v) is 4.62. The van der Waals surface area contributed by atoms with Gasteiger partial charge in [0, 0.05) is 17.7 Å². The Morgan fingerprint density at radius 2 is 1.83 bits per heavy atom. The van der Waals surface area contributed by atoms with E-state index in [1.54, 1.807) is 13.8 Å². The number of aromatic amines is 1. The van der Waals surface area contributed by atoms with E-state index < -0.39 is 17.4 Å². The number of H-pyrrole nitrogens is 1. The Morgan fingerprint density at radius 1 is 1.14 bits per heavy atom. The highest BCUT2D eigenvalue weighted by Crippen LogP contribution is 2.33. The number of nitrogens with one attached hydrogen (secondary N) is 2. The molecule has 0 unspecified atom stereocenters. The topological polar surface area (TPSA) is 99.3 Å². The number of aromatic nitrogens is 1. The minimum Gasteiger partial charge on any atom is -0.355 e. The second-order valence-corrected chi connectivity index (χ2v) is 7.95. The number of Topliss-reactive ketones (excluding diaryl/α,β-unsaturated/α-hetero) is 2. The van der Waals surface area contributed by atoms with Gasteiger partial charge < -0.3 is 10.3 Å². The lowest BCUT2D eigenvalue weighted by atomic mass is 9.78. The van der Waals surface area contributed by atoms with Gasteiger partial charge in [0.1, 0.15) is 5.54 Å². The molecule has 1 spiro atoms. The molecule has 150 valence electrons. The van der Waals surface area contributed by atoms with E-state index in [4.69, 9.17) is 0 Å². The highest BCUT2D eigenvalue weighted by atomic mass is 16.2. The van der Waals surface area contributed by atoms with E-state index in [1.165, 1.54) is 12.5 Å². The molecule has 1 aliphatic carbocycles. The summed E-state index contributed by atoms with van der Waals surface area (Å²) in [6.45, 7) is 4.51. The van der Waals surface area contributed by atoms with E-state index in [2.05, 4.69) is 10.3 Å². The van der Waals surface area contributed by atoms with Crippen LogP contribution >= 0.6 is 0 Å². The Kier molecular flexibility index (Phi) is 4.41. The largest absolute Gasteiger partial charge is 0.355 e. The molecule has 3 amide bonds. The molecule has 1 fully saturated rings. The van der Waals surface area contributed by atoms with Crippen molar-refractivity contribution in [2.24, 2.45) is 0 Å². The van der Waals surface area contributed by atoms with Crippen LogP contribution in [0, 0.1) is 13.8 Å². The number of benzene rings is 1. The molecule has 2 heterocycles. The maximum atomic E-state index is 13.2. The number of fused-ring (bicyclic) bond motifs is 1. The summed E-state index contributed by atoms with van der Waals surface area (Å²) < 4.78 is 0. The molecule has 1 aromatic carbocycles. The molecule has 1 atom stereocenters. The smallest absolute Gasteiger partial charge is 0.325 e. The van der Waals surface area contributed by atoms with Crippen molar-refractivity contribution in [3.8, 4) is 0 Å². The van der Waals surface area contributed by atoms with Gasteiger partial charge in [-0.2, -0.15) is 0 Å². The van der Waals surface area contributed by atoms with E-state index >= 15 is 0 Å². The Balaban J connectivity index is 1.57. The minimum absolute atomic E-state index is 0.134. The Labute approximate surface area is 168 Å². The van der Waals surface area contributed by atoms with Gasteiger partial charge in [0.05, 0.1) is 12.2 Å². The first-order valence-electron chi connectivity index (χ1n) is 9.68. The van der Waals surface area contributed by atoms with Crippen LogP contribution in [0.2, 0.25) is 0 Å². The van der Waals surface area contributed by atoms with Crippen molar-refractivity contribution in [1.29, 1.82) is 0 Å². The van der Waals surface area contributed by atoms with E-state index in [9.17, 15) is 19.2 Å². The van der Waals surface area contributed by atoms with Gasteiger partial charge in [0.15, 0.2) is 11.6 Å².